The van der Waals surface area contributed by atoms with Crippen LogP contribution in [-0.2, 0) is 0 Å². The number of nitrogens with zero attached hydrogens (tertiary/aromatic N) is 2. The molecule has 1 aliphatic rings. The van der Waals surface area contributed by atoms with Gasteiger partial charge in [0.1, 0.15) is 5.75 Å². The average molecular weight is 344 g/mol. The van der Waals surface area contributed by atoms with Gasteiger partial charge in [-0.1, -0.05) is 26.0 Å². The van der Waals surface area contributed by atoms with Gasteiger partial charge in [-0.25, -0.2) is 0 Å². The number of benzene rings is 1. The lowest BCUT2D eigenvalue weighted by atomic mass is 9.99. The fourth-order valence-corrected chi connectivity index (χ4v) is 2.57. The normalized spacial score (nSPS) is 21.2. The van der Waals surface area contributed by atoms with E-state index in [2.05, 4.69) is 5.10 Å². The summed E-state index contributed by atoms with van der Waals surface area (Å²) < 4.78 is 45.3. The van der Waals surface area contributed by atoms with Crippen molar-refractivity contribution in [3.63, 3.8) is 0 Å². The van der Waals surface area contributed by atoms with Crippen LogP contribution >= 0.6 is 0 Å². The lowest BCUT2D eigenvalue weighted by molar-refractivity contribution is -0.297. The van der Waals surface area contributed by atoms with Crippen LogP contribution in [0.2, 0.25) is 0 Å². The smallest absolute Gasteiger partial charge is 0.438 e. The van der Waals surface area contributed by atoms with Gasteiger partial charge in [0.25, 0.3) is 11.6 Å². The number of hydrogen-bond acceptors (Lipinski definition) is 4. The molecule has 1 N–H and O–H groups in total. The Labute approximate surface area is 137 Å². The quantitative estimate of drug-likeness (QED) is 0.912. The molecular formula is C16H19F3N2O3. The molecule has 1 aromatic carbocycles. The first-order valence-corrected chi connectivity index (χ1v) is 7.43. The van der Waals surface area contributed by atoms with Gasteiger partial charge in [0.2, 0.25) is 0 Å². The fraction of sp³-hybridized carbons (Fsp3) is 0.500. The zero-order valence-electron chi connectivity index (χ0n) is 13.6. The van der Waals surface area contributed by atoms with Crippen molar-refractivity contribution in [2.45, 2.75) is 38.6 Å². The van der Waals surface area contributed by atoms with Crippen LogP contribution in [0.4, 0.5) is 13.2 Å². The Hall–Kier alpha value is -2.09. The zero-order valence-corrected chi connectivity index (χ0v) is 13.6. The van der Waals surface area contributed by atoms with E-state index in [1.54, 1.807) is 6.07 Å². The molecule has 132 valence electrons. The zero-order chi connectivity index (χ0) is 18.1. The van der Waals surface area contributed by atoms with Crippen LogP contribution in [0.15, 0.2) is 29.4 Å². The molecule has 1 heterocycles. The summed E-state index contributed by atoms with van der Waals surface area (Å²) in [5.41, 5.74) is -3.32. The third-order valence-electron chi connectivity index (χ3n) is 3.67. The molecule has 5 nitrogen and oxygen atoms in total. The second kappa shape index (κ2) is 6.43. The summed E-state index contributed by atoms with van der Waals surface area (Å²) in [6, 6.07) is 5.86. The van der Waals surface area contributed by atoms with E-state index in [-0.39, 0.29) is 34.4 Å². The third-order valence-corrected chi connectivity index (χ3v) is 3.67. The van der Waals surface area contributed by atoms with Gasteiger partial charge in [-0.3, -0.25) is 4.79 Å². The largest absolute Gasteiger partial charge is 0.496 e. The van der Waals surface area contributed by atoms with Crippen molar-refractivity contribution in [2.24, 2.45) is 11.0 Å². The molecule has 0 aromatic heterocycles. The number of alkyl halides is 3. The maximum Gasteiger partial charge on any atom is 0.438 e. The Morgan fingerprint density at radius 3 is 2.58 bits per heavy atom. The highest BCUT2D eigenvalue weighted by Crippen LogP contribution is 2.42. The summed E-state index contributed by atoms with van der Waals surface area (Å²) in [6.45, 7) is 3.64. The second-order valence-corrected chi connectivity index (χ2v) is 6.07. The third kappa shape index (κ3) is 3.24. The number of halogens is 3. The predicted molar refractivity (Wildman–Crippen MR) is 81.7 cm³/mol. The molecule has 1 aromatic rings. The monoisotopic (exact) mass is 344 g/mol. The molecule has 1 aliphatic heterocycles. The highest BCUT2D eigenvalue weighted by atomic mass is 19.4. The number of ether oxygens (including phenoxy) is 1. The number of hydrogen-bond donors (Lipinski definition) is 1. The van der Waals surface area contributed by atoms with Gasteiger partial charge >= 0.3 is 6.18 Å². The minimum Gasteiger partial charge on any atom is -0.496 e. The van der Waals surface area contributed by atoms with Crippen molar-refractivity contribution in [1.82, 2.24) is 5.01 Å². The molecule has 0 saturated carbocycles. The minimum absolute atomic E-state index is 0.0440. The van der Waals surface area contributed by atoms with Crippen molar-refractivity contribution in [3.8, 4) is 5.75 Å². The molecule has 1 amide bonds. The van der Waals surface area contributed by atoms with Gasteiger partial charge in [-0.2, -0.15) is 23.3 Å². The Balaban J connectivity index is 2.46. The van der Waals surface area contributed by atoms with E-state index in [1.807, 2.05) is 13.8 Å². The summed E-state index contributed by atoms with van der Waals surface area (Å²) in [7, 11) is 1.31. The van der Waals surface area contributed by atoms with Gasteiger partial charge in [0, 0.05) is 12.1 Å². The molecule has 24 heavy (non-hydrogen) atoms. The first-order chi connectivity index (χ1) is 11.1. The Morgan fingerprint density at radius 2 is 2.04 bits per heavy atom. The molecule has 0 spiro atoms. The molecule has 8 heteroatoms. The van der Waals surface area contributed by atoms with E-state index in [4.69, 9.17) is 4.74 Å². The molecule has 0 aliphatic carbocycles. The molecule has 0 radical (unpaired) electrons. The van der Waals surface area contributed by atoms with Gasteiger partial charge < -0.3 is 9.84 Å². The highest BCUT2D eigenvalue weighted by Gasteiger charge is 2.63. The predicted octanol–water partition coefficient (Wildman–Crippen LogP) is 3.19. The van der Waals surface area contributed by atoms with Crippen molar-refractivity contribution < 1.29 is 27.8 Å². The maximum atomic E-state index is 13.4. The SMILES string of the molecule is COc1ccccc1C(=O)N1N=C(CC(C)C)C[C@@]1(O)C(F)(F)F. The van der Waals surface area contributed by atoms with Crippen molar-refractivity contribution >= 4 is 11.6 Å². The van der Waals surface area contributed by atoms with E-state index in [9.17, 15) is 23.1 Å². The topological polar surface area (TPSA) is 62.1 Å². The molecule has 0 unspecified atom stereocenters. The van der Waals surface area contributed by atoms with Crippen LogP contribution in [0.3, 0.4) is 0 Å². The summed E-state index contributed by atoms with van der Waals surface area (Å²) in [5.74, 6) is -0.909. The van der Waals surface area contributed by atoms with Gasteiger partial charge in [0.15, 0.2) is 0 Å². The van der Waals surface area contributed by atoms with E-state index in [1.165, 1.54) is 25.3 Å². The maximum absolute atomic E-state index is 13.4. The molecule has 0 fully saturated rings. The highest BCUT2D eigenvalue weighted by molar-refractivity contribution is 6.00. The number of amides is 1. The van der Waals surface area contributed by atoms with E-state index in [0.29, 0.717) is 0 Å². The van der Waals surface area contributed by atoms with Crippen molar-refractivity contribution in [3.05, 3.63) is 29.8 Å². The van der Waals surface area contributed by atoms with Crippen LogP contribution in [0.25, 0.3) is 0 Å². The lowest BCUT2D eigenvalue weighted by Gasteiger charge is -2.32. The van der Waals surface area contributed by atoms with Crippen molar-refractivity contribution in [1.29, 1.82) is 0 Å². The van der Waals surface area contributed by atoms with Crippen LogP contribution in [0.1, 0.15) is 37.0 Å². The summed E-state index contributed by atoms with van der Waals surface area (Å²) in [4.78, 5) is 12.6. The van der Waals surface area contributed by atoms with Gasteiger partial charge in [-0.05, 0) is 24.5 Å². The Morgan fingerprint density at radius 1 is 1.42 bits per heavy atom. The molecule has 0 bridgehead atoms. The second-order valence-electron chi connectivity index (χ2n) is 6.07. The summed E-state index contributed by atoms with van der Waals surface area (Å²) in [6.07, 6.45) is -5.53. The lowest BCUT2D eigenvalue weighted by Crippen LogP contribution is -2.56. The first-order valence-electron chi connectivity index (χ1n) is 7.43. The molecular weight excluding hydrogens is 325 g/mol. The van der Waals surface area contributed by atoms with Crippen molar-refractivity contribution in [2.75, 3.05) is 7.11 Å². The fourth-order valence-electron chi connectivity index (χ4n) is 2.57. The van der Waals surface area contributed by atoms with Crippen LogP contribution < -0.4 is 4.74 Å². The average Bonchev–Trinajstić information content (AvgIpc) is 2.83. The molecule has 0 saturated heterocycles. The number of para-hydroxylation sites is 1. The minimum atomic E-state index is -5.03. The number of aliphatic hydroxyl groups is 1. The number of carbonyl (C=O) groups is 1. The van der Waals surface area contributed by atoms with Gasteiger partial charge in [0.05, 0.1) is 12.7 Å². The number of methoxy groups -OCH3 is 1. The summed E-state index contributed by atoms with van der Waals surface area (Å²) >= 11 is 0. The Kier molecular flexibility index (Phi) is 4.89. The molecule has 1 atom stereocenters. The van der Waals surface area contributed by atoms with E-state index >= 15 is 0 Å². The van der Waals surface area contributed by atoms with E-state index < -0.39 is 24.2 Å². The summed E-state index contributed by atoms with van der Waals surface area (Å²) in [5, 5.41) is 14.1. The first kappa shape index (κ1) is 18.3. The van der Waals surface area contributed by atoms with Crippen LogP contribution in [0.5, 0.6) is 5.75 Å². The number of hydrazone groups is 1. The number of rotatable bonds is 4. The standard InChI is InChI=1S/C16H19F3N2O3/c1-10(2)8-11-9-15(23,16(17,18)19)21(20-11)14(22)12-6-4-5-7-13(12)24-3/h4-7,10,23H,8-9H2,1-3H3/t15-/m1/s1. The van der Waals surface area contributed by atoms with Gasteiger partial charge in [-0.15, -0.1) is 0 Å². The molecule has 2 rings (SSSR count). The van der Waals surface area contributed by atoms with E-state index in [0.717, 1.165) is 0 Å². The van der Waals surface area contributed by atoms with Crippen LogP contribution in [0, 0.1) is 5.92 Å². The Bertz CT molecular complexity index is 658. The number of carbonyl (C=O) groups excluding carboxylic acids is 1. The van der Waals surface area contributed by atoms with Crippen LogP contribution in [-0.4, -0.2) is 40.7 Å².